The molecule has 180 valence electrons. The van der Waals surface area contributed by atoms with Crippen molar-refractivity contribution < 1.29 is 14.3 Å². The molecule has 1 saturated heterocycles. The Labute approximate surface area is 204 Å². The summed E-state index contributed by atoms with van der Waals surface area (Å²) in [4.78, 5) is 23.4. The second-order valence-electron chi connectivity index (χ2n) is 10.2. The van der Waals surface area contributed by atoms with Crippen LogP contribution in [0, 0.1) is 0 Å². The minimum absolute atomic E-state index is 0.155. The first-order valence-corrected chi connectivity index (χ1v) is 12.9. The Bertz CT molecular complexity index is 1110. The number of para-hydroxylation sites is 1. The second-order valence-corrected chi connectivity index (χ2v) is 11.2. The van der Waals surface area contributed by atoms with Crippen LogP contribution in [0.2, 0.25) is 0 Å². The van der Waals surface area contributed by atoms with E-state index < -0.39 is 5.60 Å². The number of aromatic nitrogens is 2. The maximum absolute atomic E-state index is 12.4. The van der Waals surface area contributed by atoms with Gasteiger partial charge in [-0.15, -0.1) is 0 Å². The molecule has 2 aromatic heterocycles. The summed E-state index contributed by atoms with van der Waals surface area (Å²) in [5, 5.41) is 4.52. The van der Waals surface area contributed by atoms with Crippen molar-refractivity contribution in [2.45, 2.75) is 70.1 Å². The molecule has 3 aromatic rings. The van der Waals surface area contributed by atoms with Crippen LogP contribution in [0.5, 0.6) is 5.88 Å². The van der Waals surface area contributed by atoms with Crippen molar-refractivity contribution in [2.75, 3.05) is 18.4 Å². The van der Waals surface area contributed by atoms with Gasteiger partial charge in [0, 0.05) is 43.7 Å². The van der Waals surface area contributed by atoms with Gasteiger partial charge in [0.2, 0.25) is 5.88 Å². The smallest absolute Gasteiger partial charge is 0.410 e. The number of pyridine rings is 1. The Hall–Kier alpha value is -2.87. The van der Waals surface area contributed by atoms with E-state index in [9.17, 15) is 4.79 Å². The monoisotopic (exact) mass is 480 g/mol. The summed E-state index contributed by atoms with van der Waals surface area (Å²) in [6, 6.07) is 12.7. The van der Waals surface area contributed by atoms with Crippen molar-refractivity contribution in [1.29, 1.82) is 0 Å². The minimum atomic E-state index is -0.471. The Morgan fingerprint density at radius 2 is 1.88 bits per heavy atom. The molecule has 1 saturated carbocycles. The second kappa shape index (κ2) is 9.41. The number of ether oxygens (including phenoxy) is 2. The zero-order chi connectivity index (χ0) is 23.7. The average molecular weight is 481 g/mol. The van der Waals surface area contributed by atoms with Gasteiger partial charge in [0.15, 0.2) is 5.13 Å². The first kappa shape index (κ1) is 22.9. The van der Waals surface area contributed by atoms with Crippen LogP contribution in [0.1, 0.15) is 57.9 Å². The maximum Gasteiger partial charge on any atom is 0.410 e. The number of nitrogens with zero attached hydrogens (tertiary/aromatic N) is 3. The minimum Gasteiger partial charge on any atom is -0.474 e. The molecular formula is C26H32N4O3S. The number of rotatable bonds is 5. The number of nitrogens with one attached hydrogen (secondary N) is 1. The van der Waals surface area contributed by atoms with Crippen molar-refractivity contribution in [1.82, 2.24) is 14.9 Å². The van der Waals surface area contributed by atoms with Crippen molar-refractivity contribution >= 4 is 32.8 Å². The highest BCUT2D eigenvalue weighted by Gasteiger charge is 2.34. The summed E-state index contributed by atoms with van der Waals surface area (Å²) in [6.45, 7) is 7.07. The number of anilines is 1. The molecule has 0 bridgehead atoms. The lowest BCUT2D eigenvalue weighted by atomic mass is 9.88. The average Bonchev–Trinajstić information content (AvgIpc) is 3.19. The molecule has 3 heterocycles. The van der Waals surface area contributed by atoms with E-state index in [0.29, 0.717) is 25.0 Å². The van der Waals surface area contributed by atoms with Gasteiger partial charge in [0.1, 0.15) is 11.7 Å². The molecule has 0 radical (unpaired) electrons. The molecule has 1 aromatic carbocycles. The Morgan fingerprint density at radius 1 is 1.12 bits per heavy atom. The number of carbonyl (C=O) groups is 1. The number of amides is 1. The molecule has 2 aliphatic rings. The van der Waals surface area contributed by atoms with E-state index >= 15 is 0 Å². The Kier molecular flexibility index (Phi) is 6.34. The van der Waals surface area contributed by atoms with Gasteiger partial charge >= 0.3 is 6.09 Å². The van der Waals surface area contributed by atoms with Crippen molar-refractivity contribution in [3.05, 3.63) is 48.2 Å². The highest BCUT2D eigenvalue weighted by Crippen LogP contribution is 2.36. The van der Waals surface area contributed by atoms with Crippen LogP contribution in [-0.4, -0.2) is 51.8 Å². The molecule has 0 atom stereocenters. The zero-order valence-electron chi connectivity index (χ0n) is 20.0. The summed E-state index contributed by atoms with van der Waals surface area (Å²) in [6.07, 6.45) is 5.36. The molecule has 0 spiro atoms. The third-order valence-corrected chi connectivity index (χ3v) is 7.35. The first-order valence-electron chi connectivity index (χ1n) is 12.1. The third kappa shape index (κ3) is 5.27. The van der Waals surface area contributed by atoms with Gasteiger partial charge in [-0.2, -0.15) is 0 Å². The van der Waals surface area contributed by atoms with Gasteiger partial charge in [-0.05, 0) is 57.7 Å². The highest BCUT2D eigenvalue weighted by atomic mass is 32.1. The zero-order valence-corrected chi connectivity index (χ0v) is 20.8. The Balaban J connectivity index is 1.14. The van der Waals surface area contributed by atoms with E-state index in [2.05, 4.69) is 27.4 Å². The maximum atomic E-state index is 12.4. The number of thiazole rings is 1. The largest absolute Gasteiger partial charge is 0.474 e. The topological polar surface area (TPSA) is 76.6 Å². The van der Waals surface area contributed by atoms with Crippen LogP contribution >= 0.6 is 11.3 Å². The SMILES string of the molecule is CC(C)(C)OC(=O)N1CCC(c2cccnc2O[C@H]2C[C@@H](Nc3nc4ccccc4s3)C2)CC1. The van der Waals surface area contributed by atoms with E-state index in [1.807, 2.05) is 49.9 Å². The van der Waals surface area contributed by atoms with Crippen LogP contribution in [0.25, 0.3) is 10.2 Å². The molecule has 5 rings (SSSR count). The van der Waals surface area contributed by atoms with Crippen LogP contribution in [0.4, 0.5) is 9.93 Å². The standard InChI is InChI=1S/C26H32N4O3S/c1-26(2,3)33-25(31)30-13-10-17(11-14-30)20-7-6-12-27-23(20)32-19-15-18(16-19)28-24-29-21-8-4-5-9-22(21)34-24/h4-9,12,17-19H,10-11,13-16H2,1-3H3,(H,28,29)/t18-,19+. The third-order valence-electron chi connectivity index (χ3n) is 6.38. The lowest BCUT2D eigenvalue weighted by Gasteiger charge is -2.37. The number of fused-ring (bicyclic) bond motifs is 1. The normalized spacial score (nSPS) is 21.2. The lowest BCUT2D eigenvalue weighted by molar-refractivity contribution is 0.0203. The lowest BCUT2D eigenvalue weighted by Crippen LogP contribution is -2.43. The molecule has 1 N–H and O–H groups in total. The van der Waals surface area contributed by atoms with E-state index in [1.54, 1.807) is 17.5 Å². The molecule has 2 fully saturated rings. The molecule has 1 aliphatic carbocycles. The van der Waals surface area contributed by atoms with E-state index in [4.69, 9.17) is 9.47 Å². The summed E-state index contributed by atoms with van der Waals surface area (Å²) in [5.74, 6) is 1.07. The van der Waals surface area contributed by atoms with Crippen molar-refractivity contribution in [3.8, 4) is 5.88 Å². The van der Waals surface area contributed by atoms with Crippen LogP contribution in [-0.2, 0) is 4.74 Å². The summed E-state index contributed by atoms with van der Waals surface area (Å²) in [5.41, 5.74) is 1.72. The fraction of sp³-hybridized carbons (Fsp3) is 0.500. The number of hydrogen-bond acceptors (Lipinski definition) is 7. The Morgan fingerprint density at radius 3 is 2.62 bits per heavy atom. The fourth-order valence-corrected chi connectivity index (χ4v) is 5.50. The van der Waals surface area contributed by atoms with Crippen LogP contribution in [0.15, 0.2) is 42.6 Å². The van der Waals surface area contributed by atoms with Gasteiger partial charge in [0.05, 0.1) is 10.2 Å². The number of hydrogen-bond donors (Lipinski definition) is 1. The van der Waals surface area contributed by atoms with Gasteiger partial charge in [-0.25, -0.2) is 14.8 Å². The van der Waals surface area contributed by atoms with Gasteiger partial charge < -0.3 is 19.7 Å². The summed E-state index contributed by atoms with van der Waals surface area (Å²) < 4.78 is 13.1. The van der Waals surface area contributed by atoms with E-state index in [1.165, 1.54) is 4.70 Å². The van der Waals surface area contributed by atoms with Crippen LogP contribution in [0.3, 0.4) is 0 Å². The molecule has 7 nitrogen and oxygen atoms in total. The highest BCUT2D eigenvalue weighted by molar-refractivity contribution is 7.22. The molecule has 1 aliphatic heterocycles. The van der Waals surface area contributed by atoms with E-state index in [-0.39, 0.29) is 12.2 Å². The molecule has 0 unspecified atom stereocenters. The van der Waals surface area contributed by atoms with Crippen LogP contribution < -0.4 is 10.1 Å². The number of carbonyl (C=O) groups excluding carboxylic acids is 1. The summed E-state index contributed by atoms with van der Waals surface area (Å²) in [7, 11) is 0. The van der Waals surface area contributed by atoms with Gasteiger partial charge in [-0.1, -0.05) is 29.5 Å². The number of benzene rings is 1. The molecule has 34 heavy (non-hydrogen) atoms. The predicted molar refractivity (Wildman–Crippen MR) is 135 cm³/mol. The molecule has 1 amide bonds. The quantitative estimate of drug-likeness (QED) is 0.495. The molecule has 8 heteroatoms. The van der Waals surface area contributed by atoms with Crippen molar-refractivity contribution in [2.24, 2.45) is 0 Å². The first-order chi connectivity index (χ1) is 16.3. The van der Waals surface area contributed by atoms with Crippen molar-refractivity contribution in [3.63, 3.8) is 0 Å². The number of likely N-dealkylation sites (tertiary alicyclic amines) is 1. The van der Waals surface area contributed by atoms with Gasteiger partial charge in [-0.3, -0.25) is 0 Å². The molecular weight excluding hydrogens is 448 g/mol. The number of piperidine rings is 1. The fourth-order valence-electron chi connectivity index (χ4n) is 4.56. The van der Waals surface area contributed by atoms with E-state index in [0.717, 1.165) is 47.8 Å². The predicted octanol–water partition coefficient (Wildman–Crippen LogP) is 5.83. The van der Waals surface area contributed by atoms with Gasteiger partial charge in [0.25, 0.3) is 0 Å². The summed E-state index contributed by atoms with van der Waals surface area (Å²) >= 11 is 1.69.